The normalized spacial score (nSPS) is 11.3. The number of nitrogens with zero attached hydrogens (tertiary/aromatic N) is 2. The highest BCUT2D eigenvalue weighted by molar-refractivity contribution is 9.10. The van der Waals surface area contributed by atoms with Crippen LogP contribution in [0.15, 0.2) is 34.0 Å². The molecular weight excluding hydrogens is 375 g/mol. The maximum Gasteiger partial charge on any atom is 0.266 e. The number of anilines is 2. The SMILES string of the molecule is Nc1cc(Cl)cc(S(=O)(=O)Nc2cnc(Br)cn2)c1F. The Hall–Kier alpha value is -1.45. The Morgan fingerprint density at radius 2 is 2.00 bits per heavy atom. The zero-order valence-corrected chi connectivity index (χ0v) is 12.8. The highest BCUT2D eigenvalue weighted by Gasteiger charge is 2.22. The number of nitrogens with one attached hydrogen (secondary N) is 1. The van der Waals surface area contributed by atoms with Crippen molar-refractivity contribution in [3.8, 4) is 0 Å². The van der Waals surface area contributed by atoms with E-state index >= 15 is 0 Å². The molecule has 0 saturated heterocycles. The molecule has 0 aliphatic carbocycles. The maximum atomic E-state index is 13.8. The van der Waals surface area contributed by atoms with Gasteiger partial charge in [-0.15, -0.1) is 0 Å². The van der Waals surface area contributed by atoms with Crippen molar-refractivity contribution >= 4 is 49.1 Å². The molecule has 0 atom stereocenters. The minimum absolute atomic E-state index is 0.00571. The molecule has 2 aromatic rings. The first kappa shape index (κ1) is 14.9. The van der Waals surface area contributed by atoms with Crippen LogP contribution in [0.1, 0.15) is 0 Å². The molecule has 1 aromatic heterocycles. The van der Waals surface area contributed by atoms with Gasteiger partial charge in [-0.05, 0) is 28.1 Å². The van der Waals surface area contributed by atoms with Crippen LogP contribution in [0.5, 0.6) is 0 Å². The summed E-state index contributed by atoms with van der Waals surface area (Å²) in [5.74, 6) is -1.14. The van der Waals surface area contributed by atoms with Gasteiger partial charge in [0.05, 0.1) is 18.1 Å². The second-order valence-corrected chi connectivity index (χ2v) is 6.54. The van der Waals surface area contributed by atoms with Crippen LogP contribution in [0, 0.1) is 5.82 Å². The number of nitrogens with two attached hydrogens (primary N) is 1. The lowest BCUT2D eigenvalue weighted by Gasteiger charge is -2.09. The molecule has 0 fully saturated rings. The molecule has 0 aliphatic rings. The zero-order valence-electron chi connectivity index (χ0n) is 9.64. The highest BCUT2D eigenvalue weighted by Crippen LogP contribution is 2.26. The van der Waals surface area contributed by atoms with Crippen molar-refractivity contribution in [2.24, 2.45) is 0 Å². The predicted octanol–water partition coefficient (Wildman–Crippen LogP) is 2.41. The van der Waals surface area contributed by atoms with Crippen molar-refractivity contribution in [1.29, 1.82) is 0 Å². The summed E-state index contributed by atoms with van der Waals surface area (Å²) in [7, 11) is -4.21. The first-order valence-electron chi connectivity index (χ1n) is 5.04. The fraction of sp³-hybridized carbons (Fsp3) is 0. The van der Waals surface area contributed by atoms with E-state index in [1.165, 1.54) is 12.4 Å². The van der Waals surface area contributed by atoms with Crippen molar-refractivity contribution in [3.05, 3.63) is 40.0 Å². The van der Waals surface area contributed by atoms with Crippen LogP contribution in [-0.2, 0) is 10.0 Å². The molecule has 0 radical (unpaired) electrons. The molecule has 6 nitrogen and oxygen atoms in total. The van der Waals surface area contributed by atoms with Crippen molar-refractivity contribution in [2.45, 2.75) is 4.90 Å². The molecule has 10 heteroatoms. The Bertz CT molecular complexity index is 755. The number of hydrogen-bond acceptors (Lipinski definition) is 5. The van der Waals surface area contributed by atoms with Crippen LogP contribution in [0.25, 0.3) is 0 Å². The molecule has 1 aromatic carbocycles. The summed E-state index contributed by atoms with van der Waals surface area (Å²) in [6.07, 6.45) is 2.47. The molecule has 0 amide bonds. The van der Waals surface area contributed by atoms with Crippen LogP contribution in [0.4, 0.5) is 15.9 Å². The number of sulfonamides is 1. The van der Waals surface area contributed by atoms with Gasteiger partial charge < -0.3 is 5.73 Å². The quantitative estimate of drug-likeness (QED) is 0.796. The highest BCUT2D eigenvalue weighted by atomic mass is 79.9. The largest absolute Gasteiger partial charge is 0.396 e. The number of aromatic nitrogens is 2. The molecule has 1 heterocycles. The lowest BCUT2D eigenvalue weighted by atomic mass is 10.3. The molecule has 0 unspecified atom stereocenters. The first-order chi connectivity index (χ1) is 9.29. The fourth-order valence-corrected chi connectivity index (χ4v) is 2.96. The van der Waals surface area contributed by atoms with Gasteiger partial charge in [0.1, 0.15) is 9.50 Å². The first-order valence-corrected chi connectivity index (χ1v) is 7.70. The molecule has 20 heavy (non-hydrogen) atoms. The van der Waals surface area contributed by atoms with E-state index in [-0.39, 0.29) is 16.5 Å². The minimum Gasteiger partial charge on any atom is -0.396 e. The van der Waals surface area contributed by atoms with Gasteiger partial charge in [-0.25, -0.2) is 22.8 Å². The number of hydrogen-bond donors (Lipinski definition) is 2. The average Bonchev–Trinajstić information content (AvgIpc) is 2.36. The number of halogens is 3. The molecule has 2 rings (SSSR count). The molecule has 106 valence electrons. The van der Waals surface area contributed by atoms with Crippen LogP contribution < -0.4 is 10.5 Å². The van der Waals surface area contributed by atoms with Crippen molar-refractivity contribution in [3.63, 3.8) is 0 Å². The molecule has 0 bridgehead atoms. The summed E-state index contributed by atoms with van der Waals surface area (Å²) in [5.41, 5.74) is 4.98. The summed E-state index contributed by atoms with van der Waals surface area (Å²) >= 11 is 8.73. The second-order valence-electron chi connectivity index (χ2n) is 3.64. The Labute approximate surface area is 127 Å². The number of benzene rings is 1. The lowest BCUT2D eigenvalue weighted by Crippen LogP contribution is -2.16. The number of nitrogen functional groups attached to an aromatic ring is 1. The van der Waals surface area contributed by atoms with Gasteiger partial charge in [0, 0.05) is 5.02 Å². The van der Waals surface area contributed by atoms with E-state index in [0.717, 1.165) is 12.1 Å². The Morgan fingerprint density at radius 1 is 1.30 bits per heavy atom. The van der Waals surface area contributed by atoms with E-state index in [4.69, 9.17) is 17.3 Å². The van der Waals surface area contributed by atoms with Gasteiger partial charge in [0.15, 0.2) is 11.6 Å². The zero-order chi connectivity index (χ0) is 14.9. The molecule has 0 spiro atoms. The Balaban J connectivity index is 2.43. The average molecular weight is 382 g/mol. The molecule has 0 aliphatic heterocycles. The van der Waals surface area contributed by atoms with Gasteiger partial charge in [0.25, 0.3) is 10.0 Å². The van der Waals surface area contributed by atoms with Crippen molar-refractivity contribution < 1.29 is 12.8 Å². The predicted molar refractivity (Wildman–Crippen MR) is 76.4 cm³/mol. The summed E-state index contributed by atoms with van der Waals surface area (Å²) < 4.78 is 40.4. The van der Waals surface area contributed by atoms with Crippen LogP contribution in [-0.4, -0.2) is 18.4 Å². The van der Waals surface area contributed by atoms with Gasteiger partial charge in [-0.2, -0.15) is 0 Å². The van der Waals surface area contributed by atoms with Crippen molar-refractivity contribution in [1.82, 2.24) is 9.97 Å². The maximum absolute atomic E-state index is 13.8. The molecule has 0 saturated carbocycles. The standard InChI is InChI=1S/C10H7BrClFN4O2S/c11-8-3-16-9(4-15-8)17-20(18,19)7-2-5(12)1-6(14)10(7)13/h1-4H,14H2,(H,16,17). The molecular formula is C10H7BrClFN4O2S. The summed E-state index contributed by atoms with van der Waals surface area (Å²) in [6.45, 7) is 0. The van der Waals surface area contributed by atoms with Gasteiger partial charge in [0.2, 0.25) is 0 Å². The van der Waals surface area contributed by atoms with Crippen LogP contribution >= 0.6 is 27.5 Å². The van der Waals surface area contributed by atoms with Crippen molar-refractivity contribution in [2.75, 3.05) is 10.5 Å². The van der Waals surface area contributed by atoms with E-state index in [9.17, 15) is 12.8 Å². The molecule has 3 N–H and O–H groups in total. The summed E-state index contributed by atoms with van der Waals surface area (Å²) in [6, 6.07) is 2.08. The van der Waals surface area contributed by atoms with E-state index in [0.29, 0.717) is 4.60 Å². The van der Waals surface area contributed by atoms with Gasteiger partial charge >= 0.3 is 0 Å². The van der Waals surface area contributed by atoms with Gasteiger partial charge in [-0.1, -0.05) is 11.6 Å². The van der Waals surface area contributed by atoms with Crippen LogP contribution in [0.3, 0.4) is 0 Å². The van der Waals surface area contributed by atoms with E-state index in [1.54, 1.807) is 0 Å². The van der Waals surface area contributed by atoms with E-state index in [2.05, 4.69) is 30.6 Å². The monoisotopic (exact) mass is 380 g/mol. The summed E-state index contributed by atoms with van der Waals surface area (Å²) in [4.78, 5) is 6.91. The summed E-state index contributed by atoms with van der Waals surface area (Å²) in [5, 5.41) is 0.00571. The van der Waals surface area contributed by atoms with Crippen LogP contribution in [0.2, 0.25) is 5.02 Å². The second kappa shape index (κ2) is 5.51. The third-order valence-electron chi connectivity index (χ3n) is 2.18. The third kappa shape index (κ3) is 3.17. The topological polar surface area (TPSA) is 98.0 Å². The van der Waals surface area contributed by atoms with Gasteiger partial charge in [-0.3, -0.25) is 4.72 Å². The third-order valence-corrected chi connectivity index (χ3v) is 4.16. The van der Waals surface area contributed by atoms with E-state index < -0.39 is 20.7 Å². The van der Waals surface area contributed by atoms with E-state index in [1.807, 2.05) is 0 Å². The Kier molecular flexibility index (Phi) is 4.11. The number of rotatable bonds is 3. The smallest absolute Gasteiger partial charge is 0.266 e. The Morgan fingerprint density at radius 3 is 2.60 bits per heavy atom. The minimum atomic E-state index is -4.21. The fourth-order valence-electron chi connectivity index (χ4n) is 1.34. The lowest BCUT2D eigenvalue weighted by molar-refractivity contribution is 0.572.